The molecule has 0 aliphatic carbocycles. The molecule has 0 aliphatic rings. The molecule has 0 amide bonds. The van der Waals surface area contributed by atoms with Gasteiger partial charge in [0.15, 0.2) is 0 Å². The summed E-state index contributed by atoms with van der Waals surface area (Å²) < 4.78 is 19.2. The standard InChI is InChI=1S/C16H17ClFNO/c1-10-6-14(7-11(2)16(10)17)20-15-5-4-13(18)8-12(15)9-19-3/h4-8,19H,9H2,1-3H3. The van der Waals surface area contributed by atoms with E-state index in [9.17, 15) is 4.39 Å². The Hall–Kier alpha value is -1.58. The Bertz CT molecular complexity index is 605. The number of benzene rings is 2. The average Bonchev–Trinajstić information content (AvgIpc) is 2.39. The van der Waals surface area contributed by atoms with Crippen LogP contribution in [0.25, 0.3) is 0 Å². The first-order valence-corrected chi connectivity index (χ1v) is 6.76. The van der Waals surface area contributed by atoms with E-state index in [0.29, 0.717) is 18.0 Å². The van der Waals surface area contributed by atoms with Crippen molar-refractivity contribution >= 4 is 11.6 Å². The summed E-state index contributed by atoms with van der Waals surface area (Å²) in [5.74, 6) is 1.07. The molecule has 0 radical (unpaired) electrons. The minimum atomic E-state index is -0.272. The van der Waals surface area contributed by atoms with E-state index in [1.807, 2.05) is 33.0 Å². The van der Waals surface area contributed by atoms with Crippen LogP contribution in [-0.2, 0) is 6.54 Å². The molecule has 0 atom stereocenters. The summed E-state index contributed by atoms with van der Waals surface area (Å²) >= 11 is 6.14. The van der Waals surface area contributed by atoms with Gasteiger partial charge in [-0.15, -0.1) is 0 Å². The van der Waals surface area contributed by atoms with E-state index in [-0.39, 0.29) is 5.82 Å². The Morgan fingerprint density at radius 1 is 1.15 bits per heavy atom. The Kier molecular flexibility index (Phi) is 4.63. The van der Waals surface area contributed by atoms with Crippen LogP contribution in [-0.4, -0.2) is 7.05 Å². The van der Waals surface area contributed by atoms with Gasteiger partial charge in [0.05, 0.1) is 0 Å². The number of rotatable bonds is 4. The maximum atomic E-state index is 13.3. The lowest BCUT2D eigenvalue weighted by atomic mass is 10.1. The normalized spacial score (nSPS) is 10.7. The molecule has 0 aliphatic heterocycles. The van der Waals surface area contributed by atoms with Crippen molar-refractivity contribution < 1.29 is 9.13 Å². The zero-order chi connectivity index (χ0) is 14.7. The van der Waals surface area contributed by atoms with Gasteiger partial charge in [-0.3, -0.25) is 0 Å². The molecule has 2 nitrogen and oxygen atoms in total. The highest BCUT2D eigenvalue weighted by Gasteiger charge is 2.08. The van der Waals surface area contributed by atoms with Crippen LogP contribution in [0.4, 0.5) is 4.39 Å². The molecule has 2 aromatic carbocycles. The fourth-order valence-corrected chi connectivity index (χ4v) is 2.18. The SMILES string of the molecule is CNCc1cc(F)ccc1Oc1cc(C)c(Cl)c(C)c1. The number of hydrogen-bond donors (Lipinski definition) is 1. The van der Waals surface area contributed by atoms with E-state index >= 15 is 0 Å². The number of ether oxygens (including phenoxy) is 1. The van der Waals surface area contributed by atoms with Crippen LogP contribution in [0.2, 0.25) is 5.02 Å². The maximum absolute atomic E-state index is 13.3. The second kappa shape index (κ2) is 6.25. The van der Waals surface area contributed by atoms with Crippen molar-refractivity contribution in [1.29, 1.82) is 0 Å². The maximum Gasteiger partial charge on any atom is 0.132 e. The average molecular weight is 294 g/mol. The highest BCUT2D eigenvalue weighted by molar-refractivity contribution is 6.32. The first kappa shape index (κ1) is 14.8. The summed E-state index contributed by atoms with van der Waals surface area (Å²) in [4.78, 5) is 0. The van der Waals surface area contributed by atoms with Crippen molar-refractivity contribution in [1.82, 2.24) is 5.32 Å². The first-order chi connectivity index (χ1) is 9.51. The van der Waals surface area contributed by atoms with Crippen molar-refractivity contribution in [3.8, 4) is 11.5 Å². The van der Waals surface area contributed by atoms with Gasteiger partial charge in [0, 0.05) is 17.1 Å². The zero-order valence-corrected chi connectivity index (χ0v) is 12.5. The minimum Gasteiger partial charge on any atom is -0.457 e. The topological polar surface area (TPSA) is 21.3 Å². The van der Waals surface area contributed by atoms with Gasteiger partial charge in [-0.25, -0.2) is 4.39 Å². The number of hydrogen-bond acceptors (Lipinski definition) is 2. The highest BCUT2D eigenvalue weighted by atomic mass is 35.5. The molecule has 0 aromatic heterocycles. The molecule has 1 N–H and O–H groups in total. The number of aryl methyl sites for hydroxylation is 2. The summed E-state index contributed by atoms with van der Waals surface area (Å²) in [6.45, 7) is 4.40. The Labute approximate surface area is 123 Å². The molecule has 0 bridgehead atoms. The van der Waals surface area contributed by atoms with Gasteiger partial charge in [-0.2, -0.15) is 0 Å². The van der Waals surface area contributed by atoms with Gasteiger partial charge in [0.1, 0.15) is 17.3 Å². The summed E-state index contributed by atoms with van der Waals surface area (Å²) in [7, 11) is 1.81. The minimum absolute atomic E-state index is 0.272. The molecule has 20 heavy (non-hydrogen) atoms. The summed E-state index contributed by atoms with van der Waals surface area (Å²) in [5, 5.41) is 3.74. The van der Waals surface area contributed by atoms with Crippen LogP contribution >= 0.6 is 11.6 Å². The molecule has 0 heterocycles. The Morgan fingerprint density at radius 3 is 2.40 bits per heavy atom. The van der Waals surface area contributed by atoms with Gasteiger partial charge >= 0.3 is 0 Å². The molecule has 2 aromatic rings. The Balaban J connectivity index is 2.34. The quantitative estimate of drug-likeness (QED) is 0.889. The second-order valence-electron chi connectivity index (χ2n) is 4.76. The van der Waals surface area contributed by atoms with Crippen molar-refractivity contribution in [2.75, 3.05) is 7.05 Å². The monoisotopic (exact) mass is 293 g/mol. The largest absolute Gasteiger partial charge is 0.457 e. The number of nitrogens with one attached hydrogen (secondary N) is 1. The molecular weight excluding hydrogens is 277 g/mol. The molecule has 0 saturated heterocycles. The van der Waals surface area contributed by atoms with Gasteiger partial charge in [-0.1, -0.05) is 11.6 Å². The third-order valence-corrected chi connectivity index (χ3v) is 3.62. The van der Waals surface area contributed by atoms with E-state index < -0.39 is 0 Å². The van der Waals surface area contributed by atoms with Gasteiger partial charge < -0.3 is 10.1 Å². The van der Waals surface area contributed by atoms with Gasteiger partial charge in [0.25, 0.3) is 0 Å². The van der Waals surface area contributed by atoms with Gasteiger partial charge in [0.2, 0.25) is 0 Å². The first-order valence-electron chi connectivity index (χ1n) is 6.39. The van der Waals surface area contributed by atoms with Crippen molar-refractivity contribution in [3.63, 3.8) is 0 Å². The summed E-state index contributed by atoms with van der Waals surface area (Å²) in [5.41, 5.74) is 2.69. The van der Waals surface area contributed by atoms with Crippen molar-refractivity contribution in [2.24, 2.45) is 0 Å². The molecule has 0 fully saturated rings. The predicted octanol–water partition coefficient (Wildman–Crippen LogP) is 4.61. The molecule has 2 rings (SSSR count). The van der Waals surface area contributed by atoms with Crippen molar-refractivity contribution in [2.45, 2.75) is 20.4 Å². The van der Waals surface area contributed by atoms with Crippen LogP contribution in [0.15, 0.2) is 30.3 Å². The van der Waals surface area contributed by atoms with E-state index in [0.717, 1.165) is 21.7 Å². The molecule has 0 spiro atoms. The zero-order valence-electron chi connectivity index (χ0n) is 11.8. The van der Waals surface area contributed by atoms with Crippen LogP contribution < -0.4 is 10.1 Å². The molecular formula is C16H17ClFNO. The predicted molar refractivity (Wildman–Crippen MR) is 80.2 cm³/mol. The second-order valence-corrected chi connectivity index (χ2v) is 5.13. The Morgan fingerprint density at radius 2 is 1.80 bits per heavy atom. The smallest absolute Gasteiger partial charge is 0.132 e. The lowest BCUT2D eigenvalue weighted by Gasteiger charge is -2.13. The molecule has 106 valence electrons. The summed E-state index contributed by atoms with van der Waals surface area (Å²) in [6, 6.07) is 8.26. The van der Waals surface area contributed by atoms with Crippen LogP contribution in [0.1, 0.15) is 16.7 Å². The summed E-state index contributed by atoms with van der Waals surface area (Å²) in [6.07, 6.45) is 0. The van der Waals surface area contributed by atoms with E-state index in [2.05, 4.69) is 5.32 Å². The fraction of sp³-hybridized carbons (Fsp3) is 0.250. The third kappa shape index (κ3) is 3.30. The van der Waals surface area contributed by atoms with E-state index in [1.165, 1.54) is 12.1 Å². The van der Waals surface area contributed by atoms with E-state index in [1.54, 1.807) is 6.07 Å². The number of halogens is 2. The molecule has 0 unspecified atom stereocenters. The van der Waals surface area contributed by atoms with Crippen LogP contribution in [0, 0.1) is 19.7 Å². The van der Waals surface area contributed by atoms with E-state index in [4.69, 9.17) is 16.3 Å². The molecule has 4 heteroatoms. The van der Waals surface area contributed by atoms with Gasteiger partial charge in [-0.05, 0) is 62.4 Å². The van der Waals surface area contributed by atoms with Crippen LogP contribution in [0.3, 0.4) is 0 Å². The third-order valence-electron chi connectivity index (χ3n) is 3.03. The lowest BCUT2D eigenvalue weighted by molar-refractivity contribution is 0.471. The van der Waals surface area contributed by atoms with Crippen molar-refractivity contribution in [3.05, 3.63) is 57.9 Å². The van der Waals surface area contributed by atoms with Crippen LogP contribution in [0.5, 0.6) is 11.5 Å². The highest BCUT2D eigenvalue weighted by Crippen LogP contribution is 2.31. The fourth-order valence-electron chi connectivity index (χ4n) is 2.07. The molecule has 0 saturated carbocycles. The lowest BCUT2D eigenvalue weighted by Crippen LogP contribution is -2.06.